The van der Waals surface area contributed by atoms with Crippen molar-refractivity contribution in [3.63, 3.8) is 0 Å². The van der Waals surface area contributed by atoms with E-state index >= 15 is 0 Å². The second-order valence-electron chi connectivity index (χ2n) is 12.8. The molecule has 0 aliphatic rings. The van der Waals surface area contributed by atoms with Crippen molar-refractivity contribution in [3.8, 4) is 67.6 Å². The number of para-hydroxylation sites is 2. The van der Waals surface area contributed by atoms with E-state index in [1.54, 1.807) is 11.3 Å². The Bertz CT molecular complexity index is 2860. The molecular weight excluding hydrogens is 655 g/mol. The van der Waals surface area contributed by atoms with Crippen molar-refractivity contribution in [2.24, 2.45) is 0 Å². The lowest BCUT2D eigenvalue weighted by Gasteiger charge is -2.12. The number of hydrogen-bond donors (Lipinski definition) is 0. The minimum Gasteiger partial charge on any atom is -0.436 e. The first kappa shape index (κ1) is 30.2. The van der Waals surface area contributed by atoms with Crippen molar-refractivity contribution < 1.29 is 4.42 Å². The van der Waals surface area contributed by atoms with Gasteiger partial charge in [-0.05, 0) is 58.7 Å². The molecule has 0 N–H and O–H groups in total. The molecule has 0 aliphatic heterocycles. The van der Waals surface area contributed by atoms with Crippen LogP contribution in [-0.2, 0) is 0 Å². The van der Waals surface area contributed by atoms with Crippen LogP contribution in [0.15, 0.2) is 180 Å². The molecule has 0 saturated heterocycles. The highest BCUT2D eigenvalue weighted by molar-refractivity contribution is 7.26. The molecule has 0 fully saturated rings. The Kier molecular flexibility index (Phi) is 7.29. The number of thiophene rings is 1. The summed E-state index contributed by atoms with van der Waals surface area (Å²) in [5.41, 5.74) is 12.0. The Labute approximate surface area is 304 Å². The van der Waals surface area contributed by atoms with Gasteiger partial charge in [0.05, 0.1) is 17.0 Å². The number of rotatable bonds is 6. The highest BCUT2D eigenvalue weighted by Crippen LogP contribution is 2.44. The lowest BCUT2D eigenvalue weighted by Crippen LogP contribution is -1.96. The number of fused-ring (bicyclic) bond motifs is 4. The minimum absolute atomic E-state index is 0.628. The molecule has 3 aromatic heterocycles. The van der Waals surface area contributed by atoms with E-state index in [1.807, 2.05) is 36.4 Å². The van der Waals surface area contributed by atoms with Crippen molar-refractivity contribution >= 4 is 42.6 Å². The number of oxazole rings is 1. The predicted molar refractivity (Wildman–Crippen MR) is 215 cm³/mol. The average Bonchev–Trinajstić information content (AvgIpc) is 3.84. The first-order valence-corrected chi connectivity index (χ1v) is 18.1. The maximum absolute atomic E-state index is 6.26. The van der Waals surface area contributed by atoms with Gasteiger partial charge in [-0.25, -0.2) is 15.0 Å². The van der Waals surface area contributed by atoms with E-state index in [4.69, 9.17) is 19.4 Å². The number of benzene rings is 7. The van der Waals surface area contributed by atoms with E-state index in [-0.39, 0.29) is 0 Å². The molecule has 244 valence electrons. The van der Waals surface area contributed by atoms with Gasteiger partial charge in [0, 0.05) is 36.9 Å². The molecule has 4 nitrogen and oxygen atoms in total. The fourth-order valence-electron chi connectivity index (χ4n) is 7.01. The lowest BCUT2D eigenvalue weighted by molar-refractivity contribution is 0.621. The summed E-state index contributed by atoms with van der Waals surface area (Å²) in [6.07, 6.45) is 0. The van der Waals surface area contributed by atoms with Crippen LogP contribution in [0.1, 0.15) is 0 Å². The van der Waals surface area contributed by atoms with E-state index in [1.165, 1.54) is 15.8 Å². The van der Waals surface area contributed by atoms with Crippen LogP contribution in [0.5, 0.6) is 0 Å². The van der Waals surface area contributed by atoms with Gasteiger partial charge in [-0.1, -0.05) is 140 Å². The molecular formula is C47H29N3OS. The predicted octanol–water partition coefficient (Wildman–Crippen LogP) is 13.0. The van der Waals surface area contributed by atoms with E-state index in [0.717, 1.165) is 71.3 Å². The van der Waals surface area contributed by atoms with E-state index < -0.39 is 0 Å². The van der Waals surface area contributed by atoms with Crippen molar-refractivity contribution in [2.75, 3.05) is 0 Å². The van der Waals surface area contributed by atoms with Crippen molar-refractivity contribution in [2.45, 2.75) is 0 Å². The fourth-order valence-corrected chi connectivity index (χ4v) is 8.25. The average molecular weight is 684 g/mol. The van der Waals surface area contributed by atoms with Crippen LogP contribution in [0.4, 0.5) is 0 Å². The molecule has 0 amide bonds. The normalized spacial score (nSPS) is 11.5. The zero-order valence-electron chi connectivity index (χ0n) is 27.9. The molecule has 0 spiro atoms. The standard InChI is InChI=1S/C47H29N3OS/c1-3-12-30(13-4-1)32-24-26-33(27-25-32)40-29-41(49-46(48-40)35-17-9-16-34(28-35)31-14-5-2-6-15-31)36-18-11-23-43-44(36)37-19-10-20-38(45(37)52-43)47-50-39-21-7-8-22-42(39)51-47/h1-29H. The lowest BCUT2D eigenvalue weighted by atomic mass is 9.99. The monoisotopic (exact) mass is 683 g/mol. The van der Waals surface area contributed by atoms with Crippen molar-refractivity contribution in [3.05, 3.63) is 176 Å². The maximum Gasteiger partial charge on any atom is 0.228 e. The van der Waals surface area contributed by atoms with Crippen LogP contribution in [-0.4, -0.2) is 15.0 Å². The van der Waals surface area contributed by atoms with E-state index in [2.05, 4.69) is 140 Å². The molecule has 0 atom stereocenters. The molecule has 10 aromatic rings. The zero-order valence-corrected chi connectivity index (χ0v) is 28.7. The van der Waals surface area contributed by atoms with Crippen LogP contribution in [0.3, 0.4) is 0 Å². The van der Waals surface area contributed by atoms with Crippen LogP contribution in [0.25, 0.3) is 98.9 Å². The Hall–Kier alpha value is -6.69. The Morgan fingerprint density at radius 1 is 0.423 bits per heavy atom. The van der Waals surface area contributed by atoms with Gasteiger partial charge in [0.1, 0.15) is 5.52 Å². The highest BCUT2D eigenvalue weighted by atomic mass is 32.1. The van der Waals surface area contributed by atoms with Gasteiger partial charge in [-0.15, -0.1) is 11.3 Å². The molecule has 3 heterocycles. The highest BCUT2D eigenvalue weighted by Gasteiger charge is 2.19. The quantitative estimate of drug-likeness (QED) is 0.175. The number of nitrogens with zero attached hydrogens (tertiary/aromatic N) is 3. The third kappa shape index (κ3) is 5.36. The largest absolute Gasteiger partial charge is 0.436 e. The molecule has 0 unspecified atom stereocenters. The summed E-state index contributed by atoms with van der Waals surface area (Å²) < 4.78 is 8.57. The smallest absolute Gasteiger partial charge is 0.228 e. The van der Waals surface area contributed by atoms with Gasteiger partial charge >= 0.3 is 0 Å². The summed E-state index contributed by atoms with van der Waals surface area (Å²) in [6, 6.07) is 61.0. The van der Waals surface area contributed by atoms with Gasteiger partial charge in [0.2, 0.25) is 5.89 Å². The molecule has 0 aliphatic carbocycles. The van der Waals surface area contributed by atoms with E-state index in [9.17, 15) is 0 Å². The van der Waals surface area contributed by atoms with Gasteiger partial charge in [0.25, 0.3) is 0 Å². The number of aromatic nitrogens is 3. The Morgan fingerprint density at radius 3 is 1.85 bits per heavy atom. The van der Waals surface area contributed by atoms with Crippen LogP contribution in [0, 0.1) is 0 Å². The van der Waals surface area contributed by atoms with Crippen LogP contribution in [0.2, 0.25) is 0 Å². The summed E-state index contributed by atoms with van der Waals surface area (Å²) in [7, 11) is 0. The summed E-state index contributed by atoms with van der Waals surface area (Å²) in [4.78, 5) is 15.4. The second-order valence-corrected chi connectivity index (χ2v) is 13.9. The summed E-state index contributed by atoms with van der Waals surface area (Å²) in [6.45, 7) is 0. The first-order valence-electron chi connectivity index (χ1n) is 17.3. The zero-order chi connectivity index (χ0) is 34.4. The third-order valence-corrected chi connectivity index (χ3v) is 10.8. The maximum atomic E-state index is 6.26. The first-order chi connectivity index (χ1) is 25.7. The van der Waals surface area contributed by atoms with Gasteiger partial charge in [-0.3, -0.25) is 0 Å². The molecule has 7 aromatic carbocycles. The molecule has 0 saturated carbocycles. The molecule has 5 heteroatoms. The summed E-state index contributed by atoms with van der Waals surface area (Å²) in [5, 5.41) is 2.31. The molecule has 10 rings (SSSR count). The van der Waals surface area contributed by atoms with Gasteiger partial charge < -0.3 is 4.42 Å². The van der Waals surface area contributed by atoms with Crippen LogP contribution >= 0.6 is 11.3 Å². The summed E-state index contributed by atoms with van der Waals surface area (Å²) >= 11 is 1.76. The fraction of sp³-hybridized carbons (Fsp3) is 0. The number of hydrogen-bond acceptors (Lipinski definition) is 5. The van der Waals surface area contributed by atoms with E-state index in [0.29, 0.717) is 11.7 Å². The second kappa shape index (κ2) is 12.6. The Balaban J connectivity index is 1.16. The van der Waals surface area contributed by atoms with Crippen molar-refractivity contribution in [1.82, 2.24) is 15.0 Å². The molecule has 52 heavy (non-hydrogen) atoms. The SMILES string of the molecule is c1ccc(-c2ccc(-c3cc(-c4cccc5sc6c(-c7nc8ccccc8o7)cccc6c45)nc(-c4cccc(-c5ccccc5)c4)n3)cc2)cc1. The summed E-state index contributed by atoms with van der Waals surface area (Å²) in [5.74, 6) is 1.31. The third-order valence-electron chi connectivity index (χ3n) is 9.56. The Morgan fingerprint density at radius 2 is 1.04 bits per heavy atom. The topological polar surface area (TPSA) is 51.8 Å². The molecule has 0 bridgehead atoms. The minimum atomic E-state index is 0.628. The van der Waals surface area contributed by atoms with Crippen LogP contribution < -0.4 is 0 Å². The van der Waals surface area contributed by atoms with Gasteiger partial charge in [0.15, 0.2) is 11.4 Å². The van der Waals surface area contributed by atoms with Crippen molar-refractivity contribution in [1.29, 1.82) is 0 Å². The molecule has 0 radical (unpaired) electrons. The van der Waals surface area contributed by atoms with Gasteiger partial charge in [-0.2, -0.15) is 0 Å².